The SMILES string of the molecule is CC[C@H](C)[C@H](N)C(=O)N1CCC(c2ccccc2)CC1.Cl. The van der Waals surface area contributed by atoms with Crippen LogP contribution >= 0.6 is 12.4 Å². The Hall–Kier alpha value is -1.06. The number of hydrogen-bond acceptors (Lipinski definition) is 2. The Balaban J connectivity index is 0.00000220. The Bertz CT molecular complexity index is 430. The second kappa shape index (κ2) is 8.40. The molecule has 0 saturated carbocycles. The van der Waals surface area contributed by atoms with Crippen LogP contribution in [0.25, 0.3) is 0 Å². The Kier molecular flexibility index (Phi) is 7.20. The molecular weight excluding hydrogens is 284 g/mol. The predicted octanol–water partition coefficient (Wildman–Crippen LogP) is 3.19. The highest BCUT2D eigenvalue weighted by atomic mass is 35.5. The minimum atomic E-state index is -0.340. The number of halogens is 1. The lowest BCUT2D eigenvalue weighted by molar-refractivity contribution is -0.134. The van der Waals surface area contributed by atoms with Crippen LogP contribution in [0.2, 0.25) is 0 Å². The zero-order valence-corrected chi connectivity index (χ0v) is 13.8. The summed E-state index contributed by atoms with van der Waals surface area (Å²) in [4.78, 5) is 14.3. The summed E-state index contributed by atoms with van der Waals surface area (Å²) in [6, 6.07) is 10.3. The van der Waals surface area contributed by atoms with E-state index >= 15 is 0 Å². The van der Waals surface area contributed by atoms with Crippen LogP contribution in [-0.4, -0.2) is 29.9 Å². The van der Waals surface area contributed by atoms with Gasteiger partial charge >= 0.3 is 0 Å². The molecule has 1 aliphatic rings. The van der Waals surface area contributed by atoms with Crippen molar-refractivity contribution in [3.8, 4) is 0 Å². The van der Waals surface area contributed by atoms with Crippen LogP contribution in [0.4, 0.5) is 0 Å². The maximum atomic E-state index is 12.3. The minimum Gasteiger partial charge on any atom is -0.341 e. The van der Waals surface area contributed by atoms with Gasteiger partial charge in [0.05, 0.1) is 6.04 Å². The molecule has 0 radical (unpaired) electrons. The number of likely N-dealkylation sites (tertiary alicyclic amines) is 1. The summed E-state index contributed by atoms with van der Waals surface area (Å²) in [5.74, 6) is 0.972. The van der Waals surface area contributed by atoms with Gasteiger partial charge in [0.15, 0.2) is 0 Å². The molecule has 1 saturated heterocycles. The number of benzene rings is 1. The molecule has 1 fully saturated rings. The molecule has 2 rings (SSSR count). The maximum Gasteiger partial charge on any atom is 0.239 e. The molecule has 0 bridgehead atoms. The largest absolute Gasteiger partial charge is 0.341 e. The van der Waals surface area contributed by atoms with Crippen LogP contribution in [-0.2, 0) is 4.79 Å². The van der Waals surface area contributed by atoms with Gasteiger partial charge in [0.25, 0.3) is 0 Å². The number of piperidine rings is 1. The molecule has 4 heteroatoms. The van der Waals surface area contributed by atoms with E-state index < -0.39 is 0 Å². The minimum absolute atomic E-state index is 0. The van der Waals surface area contributed by atoms with Gasteiger partial charge < -0.3 is 10.6 Å². The first-order chi connectivity index (χ1) is 9.63. The number of carbonyl (C=O) groups is 1. The van der Waals surface area contributed by atoms with E-state index in [-0.39, 0.29) is 30.3 Å². The van der Waals surface area contributed by atoms with Crippen LogP contribution in [0.15, 0.2) is 30.3 Å². The molecule has 21 heavy (non-hydrogen) atoms. The van der Waals surface area contributed by atoms with E-state index in [0.29, 0.717) is 5.92 Å². The topological polar surface area (TPSA) is 46.3 Å². The Morgan fingerprint density at radius 3 is 2.38 bits per heavy atom. The second-order valence-electron chi connectivity index (χ2n) is 5.92. The third-order valence-corrected chi connectivity index (χ3v) is 4.62. The van der Waals surface area contributed by atoms with Crippen LogP contribution in [0, 0.1) is 5.92 Å². The fraction of sp³-hybridized carbons (Fsp3) is 0.588. The van der Waals surface area contributed by atoms with Gasteiger partial charge in [-0.2, -0.15) is 0 Å². The number of carbonyl (C=O) groups excluding carboxylic acids is 1. The predicted molar refractivity (Wildman–Crippen MR) is 89.7 cm³/mol. The first-order valence-electron chi connectivity index (χ1n) is 7.72. The average Bonchev–Trinajstić information content (AvgIpc) is 2.53. The van der Waals surface area contributed by atoms with Crippen LogP contribution in [0.3, 0.4) is 0 Å². The van der Waals surface area contributed by atoms with E-state index in [1.807, 2.05) is 11.0 Å². The number of rotatable bonds is 4. The van der Waals surface area contributed by atoms with Crippen molar-refractivity contribution in [3.63, 3.8) is 0 Å². The zero-order valence-electron chi connectivity index (χ0n) is 13.0. The van der Waals surface area contributed by atoms with Crippen molar-refractivity contribution in [1.29, 1.82) is 0 Å². The van der Waals surface area contributed by atoms with E-state index in [1.54, 1.807) is 0 Å². The molecule has 0 aromatic heterocycles. The molecule has 1 amide bonds. The summed E-state index contributed by atoms with van der Waals surface area (Å²) in [5.41, 5.74) is 7.45. The van der Waals surface area contributed by atoms with Crippen molar-refractivity contribution in [3.05, 3.63) is 35.9 Å². The molecule has 2 N–H and O–H groups in total. The van der Waals surface area contributed by atoms with E-state index in [0.717, 1.165) is 32.4 Å². The Labute approximate surface area is 134 Å². The van der Waals surface area contributed by atoms with E-state index in [4.69, 9.17) is 5.73 Å². The number of nitrogens with two attached hydrogens (primary N) is 1. The fourth-order valence-corrected chi connectivity index (χ4v) is 2.87. The van der Waals surface area contributed by atoms with Gasteiger partial charge in [-0.3, -0.25) is 4.79 Å². The van der Waals surface area contributed by atoms with Gasteiger partial charge in [0.2, 0.25) is 5.91 Å². The summed E-state index contributed by atoms with van der Waals surface area (Å²) in [6.45, 7) is 5.81. The summed E-state index contributed by atoms with van der Waals surface area (Å²) < 4.78 is 0. The van der Waals surface area contributed by atoms with Gasteiger partial charge in [-0.1, -0.05) is 50.6 Å². The number of hydrogen-bond donors (Lipinski definition) is 1. The molecule has 1 aromatic carbocycles. The van der Waals surface area contributed by atoms with E-state index in [2.05, 4.69) is 38.1 Å². The van der Waals surface area contributed by atoms with Gasteiger partial charge in [0, 0.05) is 13.1 Å². The first-order valence-corrected chi connectivity index (χ1v) is 7.72. The van der Waals surface area contributed by atoms with Gasteiger partial charge in [0.1, 0.15) is 0 Å². The van der Waals surface area contributed by atoms with Crippen molar-refractivity contribution < 1.29 is 4.79 Å². The van der Waals surface area contributed by atoms with Crippen molar-refractivity contribution in [2.45, 2.75) is 45.1 Å². The highest BCUT2D eigenvalue weighted by molar-refractivity contribution is 5.85. The van der Waals surface area contributed by atoms with Crippen LogP contribution < -0.4 is 5.73 Å². The smallest absolute Gasteiger partial charge is 0.239 e. The molecule has 0 aliphatic carbocycles. The first kappa shape index (κ1) is 18.0. The molecule has 3 nitrogen and oxygen atoms in total. The van der Waals surface area contributed by atoms with Gasteiger partial charge in [-0.25, -0.2) is 0 Å². The van der Waals surface area contributed by atoms with Gasteiger partial charge in [-0.15, -0.1) is 12.4 Å². The molecular formula is C17H27ClN2O. The van der Waals surface area contributed by atoms with E-state index in [9.17, 15) is 4.79 Å². The fourth-order valence-electron chi connectivity index (χ4n) is 2.87. The molecule has 1 heterocycles. The summed E-state index contributed by atoms with van der Waals surface area (Å²) in [5, 5.41) is 0. The van der Waals surface area contributed by atoms with Crippen molar-refractivity contribution in [2.75, 3.05) is 13.1 Å². The monoisotopic (exact) mass is 310 g/mol. The Morgan fingerprint density at radius 2 is 1.86 bits per heavy atom. The van der Waals surface area contributed by atoms with Crippen molar-refractivity contribution >= 4 is 18.3 Å². The molecule has 0 spiro atoms. The average molecular weight is 311 g/mol. The van der Waals surface area contributed by atoms with Gasteiger partial charge in [-0.05, 0) is 30.2 Å². The highest BCUT2D eigenvalue weighted by Crippen LogP contribution is 2.28. The third-order valence-electron chi connectivity index (χ3n) is 4.62. The lowest BCUT2D eigenvalue weighted by atomic mass is 9.89. The maximum absolute atomic E-state index is 12.3. The zero-order chi connectivity index (χ0) is 14.5. The summed E-state index contributed by atoms with van der Waals surface area (Å²) in [6.07, 6.45) is 3.04. The summed E-state index contributed by atoms with van der Waals surface area (Å²) >= 11 is 0. The lowest BCUT2D eigenvalue weighted by Crippen LogP contribution is -2.49. The molecule has 118 valence electrons. The van der Waals surface area contributed by atoms with Crippen LogP contribution in [0.5, 0.6) is 0 Å². The van der Waals surface area contributed by atoms with Crippen molar-refractivity contribution in [1.82, 2.24) is 4.90 Å². The third kappa shape index (κ3) is 4.45. The normalized spacial score (nSPS) is 18.7. The molecule has 1 aromatic rings. The quantitative estimate of drug-likeness (QED) is 0.928. The Morgan fingerprint density at radius 1 is 1.29 bits per heavy atom. The number of amides is 1. The molecule has 0 unspecified atom stereocenters. The standard InChI is InChI=1S/C17H26N2O.ClH/c1-3-13(2)16(18)17(20)19-11-9-15(10-12-19)14-7-5-4-6-8-14;/h4-8,13,15-16H,3,9-12,18H2,1-2H3;1H/t13-,16-;/m0./s1. The highest BCUT2D eigenvalue weighted by Gasteiger charge is 2.28. The molecule has 2 atom stereocenters. The van der Waals surface area contributed by atoms with Crippen LogP contribution in [0.1, 0.15) is 44.6 Å². The second-order valence-corrected chi connectivity index (χ2v) is 5.92. The van der Waals surface area contributed by atoms with E-state index in [1.165, 1.54) is 5.56 Å². The number of nitrogens with zero attached hydrogens (tertiary/aromatic N) is 1. The summed E-state index contributed by atoms with van der Waals surface area (Å²) in [7, 11) is 0. The van der Waals surface area contributed by atoms with Crippen molar-refractivity contribution in [2.24, 2.45) is 11.7 Å². The molecule has 1 aliphatic heterocycles. The lowest BCUT2D eigenvalue weighted by Gasteiger charge is -2.34.